The van der Waals surface area contributed by atoms with Gasteiger partial charge in [-0.05, 0) is 101 Å². The number of hydrogen-bond donors (Lipinski definition) is 5. The third kappa shape index (κ3) is 10.1. The minimum atomic E-state index is -4.65. The summed E-state index contributed by atoms with van der Waals surface area (Å²) in [4.78, 5) is 73.4. The van der Waals surface area contributed by atoms with E-state index in [1.807, 2.05) is 0 Å². The number of fused-ring (bicyclic) bond motifs is 2. The van der Waals surface area contributed by atoms with Crippen LogP contribution in [-0.4, -0.2) is 99.7 Å². The number of halogens is 3. The Morgan fingerprint density at radius 2 is 1.73 bits per heavy atom. The van der Waals surface area contributed by atoms with Gasteiger partial charge in [-0.25, -0.2) is 9.97 Å². The summed E-state index contributed by atoms with van der Waals surface area (Å²) in [5.74, 6) is -1.34. The number of amides is 4. The first-order valence-electron chi connectivity index (χ1n) is 21.7. The summed E-state index contributed by atoms with van der Waals surface area (Å²) in [6, 6.07) is 8.31. The normalized spacial score (nSPS) is 18.2. The number of aliphatic hydroxyl groups is 1. The SMILES string of the molecule is CC(C)(O)c1cc2nc(C3CCCCC3)sc2cc1NC(=O)c1cccc(C(F)(F)F)n1.CNC(=O)CCC(C=O)N1C(=O)c2cc(O)cc(NCCC3CC4(C3)CN(C)C4)c2C1=O. The number of phenols is 1. The molecular weight excluding hydrogens is 852 g/mol. The van der Waals surface area contributed by atoms with Crippen molar-refractivity contribution in [3.8, 4) is 5.75 Å². The largest absolute Gasteiger partial charge is 0.508 e. The number of anilines is 2. The monoisotopic (exact) mass is 905 g/mol. The van der Waals surface area contributed by atoms with Crippen LogP contribution in [0.1, 0.15) is 131 Å². The molecule has 4 amide bonds. The molecule has 2 aromatic heterocycles. The maximum Gasteiger partial charge on any atom is 0.433 e. The van der Waals surface area contributed by atoms with E-state index in [1.54, 1.807) is 37.3 Å². The van der Waals surface area contributed by atoms with Gasteiger partial charge in [0.05, 0.1) is 43.7 Å². The fraction of sp³-hybridized carbons (Fsp3) is 0.500. The molecule has 8 rings (SSSR count). The molecule has 64 heavy (non-hydrogen) atoms. The van der Waals surface area contributed by atoms with E-state index in [0.717, 1.165) is 51.5 Å². The first-order chi connectivity index (χ1) is 30.3. The Hall–Kier alpha value is -5.46. The molecule has 18 heteroatoms. The third-order valence-corrected chi connectivity index (χ3v) is 13.8. The topological polar surface area (TPSA) is 194 Å². The van der Waals surface area contributed by atoms with Crippen LogP contribution in [0.15, 0.2) is 42.5 Å². The summed E-state index contributed by atoms with van der Waals surface area (Å²) in [5.41, 5.74) is -0.137. The van der Waals surface area contributed by atoms with Crippen LogP contribution >= 0.6 is 11.3 Å². The minimum Gasteiger partial charge on any atom is -0.508 e. The van der Waals surface area contributed by atoms with Gasteiger partial charge in [0.25, 0.3) is 17.7 Å². The van der Waals surface area contributed by atoms with E-state index in [0.29, 0.717) is 47.0 Å². The van der Waals surface area contributed by atoms with Crippen molar-refractivity contribution in [2.45, 2.75) is 102 Å². The number of nitrogens with one attached hydrogen (secondary N) is 3. The second-order valence-corrected chi connectivity index (χ2v) is 19.2. The average molecular weight is 906 g/mol. The van der Waals surface area contributed by atoms with Gasteiger partial charge in [-0.15, -0.1) is 11.3 Å². The van der Waals surface area contributed by atoms with Crippen molar-refractivity contribution in [2.75, 3.05) is 44.4 Å². The Bertz CT molecular complexity index is 2430. The van der Waals surface area contributed by atoms with E-state index in [2.05, 4.69) is 32.9 Å². The summed E-state index contributed by atoms with van der Waals surface area (Å²) in [7, 11) is 3.62. The Morgan fingerprint density at radius 1 is 1.02 bits per heavy atom. The number of phenolic OH excluding ortho intramolecular Hbond substituents is 1. The summed E-state index contributed by atoms with van der Waals surface area (Å²) in [6.07, 6.45) is 5.11. The van der Waals surface area contributed by atoms with Crippen LogP contribution in [0.3, 0.4) is 0 Å². The predicted octanol–water partition coefficient (Wildman–Crippen LogP) is 7.46. The highest BCUT2D eigenvalue weighted by atomic mass is 32.1. The summed E-state index contributed by atoms with van der Waals surface area (Å²) in [5, 5.41) is 30.2. The fourth-order valence-electron chi connectivity index (χ4n) is 9.64. The molecule has 4 aliphatic rings. The highest BCUT2D eigenvalue weighted by Crippen LogP contribution is 2.52. The smallest absolute Gasteiger partial charge is 0.433 e. The zero-order valence-corrected chi connectivity index (χ0v) is 37.1. The van der Waals surface area contributed by atoms with Crippen molar-refractivity contribution in [1.82, 2.24) is 25.1 Å². The van der Waals surface area contributed by atoms with Gasteiger partial charge in [-0.1, -0.05) is 25.3 Å². The predicted molar refractivity (Wildman–Crippen MR) is 235 cm³/mol. The van der Waals surface area contributed by atoms with Crippen molar-refractivity contribution in [3.63, 3.8) is 0 Å². The lowest BCUT2D eigenvalue weighted by molar-refractivity contribution is -0.141. The van der Waals surface area contributed by atoms with Crippen LogP contribution < -0.4 is 16.0 Å². The third-order valence-electron chi connectivity index (χ3n) is 12.6. The van der Waals surface area contributed by atoms with E-state index in [9.17, 15) is 47.4 Å². The molecule has 14 nitrogen and oxygen atoms in total. The molecule has 2 aliphatic carbocycles. The number of nitrogens with zero attached hydrogens (tertiary/aromatic N) is 4. The van der Waals surface area contributed by atoms with Crippen LogP contribution in [0.25, 0.3) is 10.2 Å². The van der Waals surface area contributed by atoms with Gasteiger partial charge in [0.1, 0.15) is 23.4 Å². The molecule has 2 saturated carbocycles. The first kappa shape index (κ1) is 46.5. The molecule has 1 saturated heterocycles. The van der Waals surface area contributed by atoms with Gasteiger partial charge >= 0.3 is 6.18 Å². The van der Waals surface area contributed by atoms with Gasteiger partial charge in [-0.3, -0.25) is 24.1 Å². The van der Waals surface area contributed by atoms with Crippen LogP contribution in [0.2, 0.25) is 0 Å². The molecular formula is C46H54F3N7O7S. The Balaban J connectivity index is 0.000000191. The Labute approximate surface area is 373 Å². The van der Waals surface area contributed by atoms with Crippen LogP contribution in [0.4, 0.5) is 24.5 Å². The maximum atomic E-state index is 13.1. The lowest BCUT2D eigenvalue weighted by atomic mass is 9.57. The van der Waals surface area contributed by atoms with Gasteiger partial charge in [0, 0.05) is 56.3 Å². The van der Waals surface area contributed by atoms with E-state index in [-0.39, 0.29) is 41.3 Å². The van der Waals surface area contributed by atoms with Crippen LogP contribution in [-0.2, 0) is 21.4 Å². The lowest BCUT2D eigenvalue weighted by Gasteiger charge is -2.58. The van der Waals surface area contributed by atoms with E-state index in [1.165, 1.54) is 70.4 Å². The summed E-state index contributed by atoms with van der Waals surface area (Å²) in [6.45, 7) is 6.13. The number of aldehydes is 1. The van der Waals surface area contributed by atoms with Crippen LogP contribution in [0, 0.1) is 11.3 Å². The zero-order valence-electron chi connectivity index (χ0n) is 36.3. The van der Waals surface area contributed by atoms with Gasteiger partial charge in [0.2, 0.25) is 5.91 Å². The number of imide groups is 1. The number of carbonyl (C=O) groups is 5. The highest BCUT2D eigenvalue weighted by molar-refractivity contribution is 7.18. The minimum absolute atomic E-state index is 0.0162. The van der Waals surface area contributed by atoms with Crippen molar-refractivity contribution < 1.29 is 47.4 Å². The molecule has 4 aromatic rings. The zero-order chi connectivity index (χ0) is 46.1. The number of thiazole rings is 1. The van der Waals surface area contributed by atoms with E-state index >= 15 is 0 Å². The average Bonchev–Trinajstić information content (AvgIpc) is 3.76. The van der Waals surface area contributed by atoms with Gasteiger partial charge in [-0.2, -0.15) is 13.2 Å². The first-order valence-corrected chi connectivity index (χ1v) is 22.5. The molecule has 0 bridgehead atoms. The highest BCUT2D eigenvalue weighted by Gasteiger charge is 2.50. The van der Waals surface area contributed by atoms with E-state index < -0.39 is 41.2 Å². The summed E-state index contributed by atoms with van der Waals surface area (Å²) < 4.78 is 39.8. The second-order valence-electron chi connectivity index (χ2n) is 18.1. The number of likely N-dealkylation sites (tertiary alicyclic amines) is 1. The summed E-state index contributed by atoms with van der Waals surface area (Å²) >= 11 is 1.56. The number of carbonyl (C=O) groups excluding carboxylic acids is 5. The standard InChI is InChI=1S/C23H24F3N3O2S.C23H30N4O5/c1-22(2,31)14-11-17-18(32-21(29-17)13-7-4-3-5-8-13)12-16(14)28-20(30)15-9-6-10-19(27-15)23(24,25)26;1-24-19(30)4-3-15(11-28)27-21(31)17-7-16(29)8-18(20(17)22(27)32)25-6-5-14-9-23(10-14)12-26(2)13-23/h6,9-13,31H,3-5,7-8H2,1-2H3,(H,28,30);7-8,11,14-15,25,29H,3-6,9-10,12-13H2,1-2H3,(H,24,30). The number of hydrogen-bond acceptors (Lipinski definition) is 12. The van der Waals surface area contributed by atoms with Crippen molar-refractivity contribution in [3.05, 3.63) is 75.6 Å². The molecule has 3 fully saturated rings. The molecule has 4 heterocycles. The number of rotatable bonds is 13. The quantitative estimate of drug-likeness (QED) is 0.0661. The van der Waals surface area contributed by atoms with Gasteiger partial charge < -0.3 is 35.9 Å². The van der Waals surface area contributed by atoms with Crippen molar-refractivity contribution in [1.29, 1.82) is 0 Å². The van der Waals surface area contributed by atoms with E-state index in [4.69, 9.17) is 4.98 Å². The Kier molecular flexibility index (Phi) is 13.5. The second kappa shape index (κ2) is 18.6. The fourth-order valence-corrected chi connectivity index (χ4v) is 10.8. The number of pyridine rings is 1. The maximum absolute atomic E-state index is 13.1. The Morgan fingerprint density at radius 3 is 2.38 bits per heavy atom. The number of benzene rings is 2. The molecule has 1 unspecified atom stereocenters. The van der Waals surface area contributed by atoms with Crippen LogP contribution in [0.5, 0.6) is 5.75 Å². The molecule has 0 radical (unpaired) electrons. The molecule has 1 atom stereocenters. The lowest BCUT2D eigenvalue weighted by Crippen LogP contribution is -2.60. The van der Waals surface area contributed by atoms with Gasteiger partial charge in [0.15, 0.2) is 0 Å². The number of alkyl halides is 3. The molecule has 1 spiro atoms. The number of aromatic hydroxyl groups is 1. The molecule has 5 N–H and O–H groups in total. The number of aromatic nitrogens is 2. The molecule has 2 aromatic carbocycles. The van der Waals surface area contributed by atoms with Crippen molar-refractivity contribution >= 4 is 62.8 Å². The molecule has 342 valence electrons. The van der Waals surface area contributed by atoms with Crippen molar-refractivity contribution in [2.24, 2.45) is 11.3 Å². The molecule has 2 aliphatic heterocycles.